The highest BCUT2D eigenvalue weighted by molar-refractivity contribution is 5.81. The summed E-state index contributed by atoms with van der Waals surface area (Å²) in [5.74, 6) is 0.900. The molecule has 1 aromatic carbocycles. The van der Waals surface area contributed by atoms with Crippen LogP contribution in [-0.4, -0.2) is 16.0 Å². The maximum absolute atomic E-state index is 11.8. The third-order valence-corrected chi connectivity index (χ3v) is 2.94. The van der Waals surface area contributed by atoms with Crippen LogP contribution in [0, 0.1) is 12.3 Å². The molecule has 20 heavy (non-hydrogen) atoms. The van der Waals surface area contributed by atoms with Crippen molar-refractivity contribution >= 4 is 5.91 Å². The van der Waals surface area contributed by atoms with E-state index >= 15 is 0 Å². The zero-order valence-corrected chi connectivity index (χ0v) is 12.2. The van der Waals surface area contributed by atoms with Crippen molar-refractivity contribution in [2.45, 2.75) is 34.2 Å². The second kappa shape index (κ2) is 5.45. The van der Waals surface area contributed by atoms with Crippen LogP contribution in [0.15, 0.2) is 28.8 Å². The average Bonchev–Trinajstić information content (AvgIpc) is 2.84. The number of carbonyl (C=O) groups is 1. The van der Waals surface area contributed by atoms with Gasteiger partial charge in [-0.05, 0) is 12.5 Å². The van der Waals surface area contributed by atoms with Crippen LogP contribution in [0.5, 0.6) is 0 Å². The molecule has 0 aliphatic carbocycles. The molecule has 0 saturated carbocycles. The van der Waals surface area contributed by atoms with Gasteiger partial charge in [0.25, 0.3) is 0 Å². The summed E-state index contributed by atoms with van der Waals surface area (Å²) in [6, 6.07) is 7.83. The van der Waals surface area contributed by atoms with E-state index in [1.54, 1.807) is 0 Å². The minimum Gasteiger partial charge on any atom is -0.347 e. The zero-order chi connectivity index (χ0) is 14.8. The van der Waals surface area contributed by atoms with Gasteiger partial charge in [-0.1, -0.05) is 50.2 Å². The van der Waals surface area contributed by atoms with Crippen LogP contribution in [0.2, 0.25) is 0 Å². The van der Waals surface area contributed by atoms with E-state index in [-0.39, 0.29) is 12.5 Å². The minimum atomic E-state index is -0.432. The molecule has 1 amide bonds. The van der Waals surface area contributed by atoms with Crippen molar-refractivity contribution in [1.82, 2.24) is 15.5 Å². The smallest absolute Gasteiger partial charge is 0.246 e. The van der Waals surface area contributed by atoms with Gasteiger partial charge in [0.05, 0.1) is 6.54 Å². The highest BCUT2D eigenvalue weighted by atomic mass is 16.5. The van der Waals surface area contributed by atoms with Crippen LogP contribution < -0.4 is 5.32 Å². The summed E-state index contributed by atoms with van der Waals surface area (Å²) in [7, 11) is 0. The SMILES string of the molecule is Cc1ccccc1-c1noc(CNC(=O)C(C)(C)C)n1. The fraction of sp³-hybridized carbons (Fsp3) is 0.400. The van der Waals surface area contributed by atoms with Crippen LogP contribution in [0.3, 0.4) is 0 Å². The van der Waals surface area contributed by atoms with Gasteiger partial charge >= 0.3 is 0 Å². The van der Waals surface area contributed by atoms with Crippen molar-refractivity contribution in [2.75, 3.05) is 0 Å². The highest BCUT2D eigenvalue weighted by Gasteiger charge is 2.21. The molecule has 2 rings (SSSR count). The van der Waals surface area contributed by atoms with E-state index in [1.807, 2.05) is 52.0 Å². The van der Waals surface area contributed by atoms with Gasteiger partial charge in [0.2, 0.25) is 17.6 Å². The van der Waals surface area contributed by atoms with Gasteiger partial charge in [-0.25, -0.2) is 0 Å². The maximum Gasteiger partial charge on any atom is 0.246 e. The molecule has 5 nitrogen and oxygen atoms in total. The predicted octanol–water partition coefficient (Wildman–Crippen LogP) is 2.71. The zero-order valence-electron chi connectivity index (χ0n) is 12.2. The molecule has 0 aliphatic heterocycles. The first-order valence-corrected chi connectivity index (χ1v) is 6.55. The fourth-order valence-electron chi connectivity index (χ4n) is 1.68. The number of amides is 1. The molecule has 0 aliphatic rings. The summed E-state index contributed by atoms with van der Waals surface area (Å²) >= 11 is 0. The largest absolute Gasteiger partial charge is 0.347 e. The maximum atomic E-state index is 11.8. The van der Waals surface area contributed by atoms with Crippen LogP contribution in [-0.2, 0) is 11.3 Å². The van der Waals surface area contributed by atoms with Gasteiger partial charge in [-0.3, -0.25) is 4.79 Å². The molecular weight excluding hydrogens is 254 g/mol. The Labute approximate surface area is 118 Å². The van der Waals surface area contributed by atoms with Crippen LogP contribution in [0.4, 0.5) is 0 Å². The van der Waals surface area contributed by atoms with E-state index in [9.17, 15) is 4.79 Å². The Bertz CT molecular complexity index is 612. The third-order valence-electron chi connectivity index (χ3n) is 2.94. The average molecular weight is 273 g/mol. The normalized spacial score (nSPS) is 11.4. The van der Waals surface area contributed by atoms with E-state index in [4.69, 9.17) is 4.52 Å². The van der Waals surface area contributed by atoms with Crippen LogP contribution >= 0.6 is 0 Å². The van der Waals surface area contributed by atoms with Gasteiger partial charge in [-0.15, -0.1) is 0 Å². The molecule has 1 aromatic heterocycles. The number of aryl methyl sites for hydroxylation is 1. The highest BCUT2D eigenvalue weighted by Crippen LogP contribution is 2.20. The van der Waals surface area contributed by atoms with Crippen molar-refractivity contribution < 1.29 is 9.32 Å². The van der Waals surface area contributed by atoms with E-state index in [1.165, 1.54) is 0 Å². The monoisotopic (exact) mass is 273 g/mol. The lowest BCUT2D eigenvalue weighted by Gasteiger charge is -2.16. The van der Waals surface area contributed by atoms with Gasteiger partial charge in [0.15, 0.2) is 0 Å². The third kappa shape index (κ3) is 3.23. The fourth-order valence-corrected chi connectivity index (χ4v) is 1.68. The Morgan fingerprint density at radius 3 is 2.65 bits per heavy atom. The number of aromatic nitrogens is 2. The van der Waals surface area contributed by atoms with Gasteiger partial charge in [0, 0.05) is 11.0 Å². The van der Waals surface area contributed by atoms with E-state index in [0.29, 0.717) is 11.7 Å². The standard InChI is InChI=1S/C15H19N3O2/c1-10-7-5-6-8-11(10)13-17-12(20-18-13)9-16-14(19)15(2,3)4/h5-8H,9H2,1-4H3,(H,16,19). The lowest BCUT2D eigenvalue weighted by molar-refractivity contribution is -0.128. The Morgan fingerprint density at radius 2 is 2.00 bits per heavy atom. The summed E-state index contributed by atoms with van der Waals surface area (Å²) in [5.41, 5.74) is 1.59. The predicted molar refractivity (Wildman–Crippen MR) is 75.8 cm³/mol. The molecular formula is C15H19N3O2. The molecule has 0 bridgehead atoms. The number of carbonyl (C=O) groups excluding carboxylic acids is 1. The summed E-state index contributed by atoms with van der Waals surface area (Å²) in [6.07, 6.45) is 0. The summed E-state index contributed by atoms with van der Waals surface area (Å²) in [4.78, 5) is 16.1. The molecule has 106 valence electrons. The quantitative estimate of drug-likeness (QED) is 0.933. The molecule has 0 spiro atoms. The molecule has 1 N–H and O–H groups in total. The Morgan fingerprint density at radius 1 is 1.30 bits per heavy atom. The molecule has 2 aromatic rings. The van der Waals surface area contributed by atoms with Crippen LogP contribution in [0.1, 0.15) is 32.2 Å². The number of hydrogen-bond acceptors (Lipinski definition) is 4. The van der Waals surface area contributed by atoms with Crippen molar-refractivity contribution in [3.8, 4) is 11.4 Å². The summed E-state index contributed by atoms with van der Waals surface area (Å²) < 4.78 is 5.16. The van der Waals surface area contributed by atoms with E-state index in [2.05, 4.69) is 15.5 Å². The van der Waals surface area contributed by atoms with E-state index < -0.39 is 5.41 Å². The first-order chi connectivity index (χ1) is 9.38. The van der Waals surface area contributed by atoms with Crippen molar-refractivity contribution in [1.29, 1.82) is 0 Å². The number of nitrogens with zero attached hydrogens (tertiary/aromatic N) is 2. The second-order valence-electron chi connectivity index (χ2n) is 5.76. The molecule has 0 radical (unpaired) electrons. The molecule has 5 heteroatoms. The summed E-state index contributed by atoms with van der Waals surface area (Å²) in [6.45, 7) is 7.81. The minimum absolute atomic E-state index is 0.0480. The lowest BCUT2D eigenvalue weighted by atomic mass is 9.96. The van der Waals surface area contributed by atoms with Crippen molar-refractivity contribution in [3.63, 3.8) is 0 Å². The van der Waals surface area contributed by atoms with Gasteiger partial charge in [-0.2, -0.15) is 4.98 Å². The Balaban J connectivity index is 2.07. The Hall–Kier alpha value is -2.17. The molecule has 0 atom stereocenters. The number of rotatable bonds is 3. The molecule has 0 unspecified atom stereocenters. The van der Waals surface area contributed by atoms with Crippen molar-refractivity contribution in [3.05, 3.63) is 35.7 Å². The summed E-state index contributed by atoms with van der Waals surface area (Å²) in [5, 5.41) is 6.73. The number of nitrogens with one attached hydrogen (secondary N) is 1. The number of hydrogen-bond donors (Lipinski definition) is 1. The van der Waals surface area contributed by atoms with Crippen molar-refractivity contribution in [2.24, 2.45) is 5.41 Å². The van der Waals surface area contributed by atoms with Gasteiger partial charge in [0.1, 0.15) is 0 Å². The first-order valence-electron chi connectivity index (χ1n) is 6.55. The first kappa shape index (κ1) is 14.2. The lowest BCUT2D eigenvalue weighted by Crippen LogP contribution is -2.34. The molecule has 0 saturated heterocycles. The van der Waals surface area contributed by atoms with Gasteiger partial charge < -0.3 is 9.84 Å². The Kier molecular flexibility index (Phi) is 3.88. The second-order valence-corrected chi connectivity index (χ2v) is 5.76. The molecule has 0 fully saturated rings. The molecule has 1 heterocycles. The van der Waals surface area contributed by atoms with Crippen LogP contribution in [0.25, 0.3) is 11.4 Å². The topological polar surface area (TPSA) is 68.0 Å². The number of benzene rings is 1. The van der Waals surface area contributed by atoms with E-state index in [0.717, 1.165) is 11.1 Å².